The van der Waals surface area contributed by atoms with E-state index in [0.717, 1.165) is 11.1 Å². The number of nitrogens with one attached hydrogen (secondary N) is 2. The van der Waals surface area contributed by atoms with Crippen LogP contribution in [0.4, 0.5) is 11.5 Å². The molecule has 0 saturated carbocycles. The molecule has 2 aromatic rings. The molecule has 0 aliphatic heterocycles. The Morgan fingerprint density at radius 3 is 2.60 bits per heavy atom. The van der Waals surface area contributed by atoms with Crippen molar-refractivity contribution in [3.8, 4) is 0 Å². The molecule has 1 heterocycles. The number of aromatic nitrogens is 1. The Labute approximate surface area is 119 Å². The molecule has 0 bridgehead atoms. The van der Waals surface area contributed by atoms with Gasteiger partial charge in [0.1, 0.15) is 10.7 Å². The molecule has 1 aromatic heterocycles. The number of nitrogens with zero attached hydrogens (tertiary/aromatic N) is 1. The van der Waals surface area contributed by atoms with Gasteiger partial charge >= 0.3 is 0 Å². The second kappa shape index (κ2) is 5.50. The maximum Gasteiger partial charge on any atom is 0.265 e. The van der Waals surface area contributed by atoms with E-state index < -0.39 is 10.0 Å². The third-order valence-electron chi connectivity index (χ3n) is 2.93. The van der Waals surface area contributed by atoms with E-state index in [1.54, 1.807) is 19.3 Å². The maximum absolute atomic E-state index is 12.5. The summed E-state index contributed by atoms with van der Waals surface area (Å²) in [7, 11) is -2.03. The molecule has 0 amide bonds. The Morgan fingerprint density at radius 2 is 1.90 bits per heavy atom. The van der Waals surface area contributed by atoms with E-state index in [9.17, 15) is 8.42 Å². The van der Waals surface area contributed by atoms with Gasteiger partial charge in [0.15, 0.2) is 0 Å². The number of hydrogen-bond donors (Lipinski definition) is 2. The van der Waals surface area contributed by atoms with Crippen LogP contribution in [0.5, 0.6) is 0 Å². The minimum absolute atomic E-state index is 0.128. The first-order valence-corrected chi connectivity index (χ1v) is 7.65. The summed E-state index contributed by atoms with van der Waals surface area (Å²) in [6, 6.07) is 8.75. The Bertz CT molecular complexity index is 727. The standard InChI is InChI=1S/C14H17N3O2S/c1-10-6-7-11(2)12(9-10)17-20(18,19)13-5-4-8-16-14(13)15-3/h4-9,17H,1-3H3,(H,15,16). The second-order valence-corrected chi connectivity index (χ2v) is 6.17. The second-order valence-electron chi connectivity index (χ2n) is 4.52. The molecule has 0 unspecified atom stereocenters. The fourth-order valence-corrected chi connectivity index (χ4v) is 3.13. The average molecular weight is 291 g/mol. The van der Waals surface area contributed by atoms with Gasteiger partial charge in [-0.25, -0.2) is 13.4 Å². The number of hydrogen-bond acceptors (Lipinski definition) is 4. The lowest BCUT2D eigenvalue weighted by atomic mass is 10.1. The van der Waals surface area contributed by atoms with Crippen LogP contribution in [0.1, 0.15) is 11.1 Å². The first-order valence-electron chi connectivity index (χ1n) is 6.17. The molecule has 20 heavy (non-hydrogen) atoms. The van der Waals surface area contributed by atoms with E-state index in [1.807, 2.05) is 32.0 Å². The molecule has 2 N–H and O–H groups in total. The highest BCUT2D eigenvalue weighted by atomic mass is 32.2. The first-order chi connectivity index (χ1) is 9.44. The van der Waals surface area contributed by atoms with E-state index in [1.165, 1.54) is 6.07 Å². The Kier molecular flexibility index (Phi) is 3.94. The molecular formula is C14H17N3O2S. The highest BCUT2D eigenvalue weighted by Gasteiger charge is 2.19. The van der Waals surface area contributed by atoms with Crippen molar-refractivity contribution in [2.45, 2.75) is 18.7 Å². The summed E-state index contributed by atoms with van der Waals surface area (Å²) in [6.45, 7) is 3.78. The van der Waals surface area contributed by atoms with Gasteiger partial charge in [0, 0.05) is 13.2 Å². The van der Waals surface area contributed by atoms with Crippen LogP contribution in [-0.4, -0.2) is 20.4 Å². The largest absolute Gasteiger partial charge is 0.372 e. The SMILES string of the molecule is CNc1ncccc1S(=O)(=O)Nc1cc(C)ccc1C. The fraction of sp³-hybridized carbons (Fsp3) is 0.214. The molecule has 0 aliphatic carbocycles. The van der Waals surface area contributed by atoms with Crippen molar-refractivity contribution < 1.29 is 8.42 Å². The Balaban J connectivity index is 2.43. The van der Waals surface area contributed by atoms with E-state index in [-0.39, 0.29) is 4.90 Å². The van der Waals surface area contributed by atoms with Gasteiger partial charge in [-0.15, -0.1) is 0 Å². The first kappa shape index (κ1) is 14.3. The molecule has 0 radical (unpaired) electrons. The number of aryl methyl sites for hydroxylation is 2. The zero-order valence-electron chi connectivity index (χ0n) is 11.6. The molecule has 0 saturated heterocycles. The van der Waals surface area contributed by atoms with Crippen molar-refractivity contribution in [2.75, 3.05) is 17.1 Å². The van der Waals surface area contributed by atoms with Gasteiger partial charge in [0.25, 0.3) is 10.0 Å². The van der Waals surface area contributed by atoms with Crippen LogP contribution in [0, 0.1) is 13.8 Å². The summed E-state index contributed by atoms with van der Waals surface area (Å²) in [4.78, 5) is 4.14. The van der Waals surface area contributed by atoms with Gasteiger partial charge in [0.05, 0.1) is 5.69 Å². The van der Waals surface area contributed by atoms with Crippen LogP contribution >= 0.6 is 0 Å². The average Bonchev–Trinajstić information content (AvgIpc) is 2.42. The smallest absolute Gasteiger partial charge is 0.265 e. The van der Waals surface area contributed by atoms with Gasteiger partial charge in [-0.05, 0) is 43.2 Å². The Hall–Kier alpha value is -2.08. The van der Waals surface area contributed by atoms with Crippen molar-refractivity contribution >= 4 is 21.5 Å². The summed E-state index contributed by atoms with van der Waals surface area (Å²) in [5.41, 5.74) is 2.44. The molecule has 0 spiro atoms. The van der Waals surface area contributed by atoms with Gasteiger partial charge < -0.3 is 5.32 Å². The third kappa shape index (κ3) is 2.91. The molecule has 6 heteroatoms. The van der Waals surface area contributed by atoms with Crippen LogP contribution in [0.3, 0.4) is 0 Å². The lowest BCUT2D eigenvalue weighted by Crippen LogP contribution is -2.16. The van der Waals surface area contributed by atoms with E-state index in [2.05, 4.69) is 15.0 Å². The quantitative estimate of drug-likeness (QED) is 0.908. The summed E-state index contributed by atoms with van der Waals surface area (Å²) >= 11 is 0. The van der Waals surface area contributed by atoms with Gasteiger partial charge in [0.2, 0.25) is 0 Å². The summed E-state index contributed by atoms with van der Waals surface area (Å²) in [5, 5.41) is 2.78. The molecule has 0 aliphatic rings. The van der Waals surface area contributed by atoms with Crippen LogP contribution < -0.4 is 10.0 Å². The van der Waals surface area contributed by atoms with Crippen LogP contribution in [0.25, 0.3) is 0 Å². The molecule has 0 fully saturated rings. The fourth-order valence-electron chi connectivity index (χ4n) is 1.84. The van der Waals surface area contributed by atoms with Crippen molar-refractivity contribution in [2.24, 2.45) is 0 Å². The third-order valence-corrected chi connectivity index (χ3v) is 4.33. The predicted octanol–water partition coefficient (Wildman–Crippen LogP) is 2.54. The summed E-state index contributed by atoms with van der Waals surface area (Å²) < 4.78 is 27.5. The van der Waals surface area contributed by atoms with Crippen molar-refractivity contribution in [3.05, 3.63) is 47.7 Å². The minimum Gasteiger partial charge on any atom is -0.372 e. The van der Waals surface area contributed by atoms with E-state index in [0.29, 0.717) is 11.5 Å². The minimum atomic E-state index is -3.67. The zero-order valence-corrected chi connectivity index (χ0v) is 12.5. The predicted molar refractivity (Wildman–Crippen MR) is 80.5 cm³/mol. The molecule has 0 atom stereocenters. The number of pyridine rings is 1. The molecule has 2 rings (SSSR count). The van der Waals surface area contributed by atoms with Crippen molar-refractivity contribution in [1.29, 1.82) is 0 Å². The number of anilines is 2. The highest BCUT2D eigenvalue weighted by Crippen LogP contribution is 2.23. The maximum atomic E-state index is 12.5. The summed E-state index contributed by atoms with van der Waals surface area (Å²) in [6.07, 6.45) is 1.54. The van der Waals surface area contributed by atoms with Gasteiger partial charge in [-0.1, -0.05) is 12.1 Å². The molecule has 1 aromatic carbocycles. The monoisotopic (exact) mass is 291 g/mol. The van der Waals surface area contributed by atoms with Crippen LogP contribution in [0.15, 0.2) is 41.4 Å². The van der Waals surface area contributed by atoms with E-state index in [4.69, 9.17) is 0 Å². The molecular weight excluding hydrogens is 274 g/mol. The van der Waals surface area contributed by atoms with Gasteiger partial charge in [-0.3, -0.25) is 4.72 Å². The lowest BCUT2D eigenvalue weighted by molar-refractivity contribution is 0.601. The Morgan fingerprint density at radius 1 is 1.15 bits per heavy atom. The highest BCUT2D eigenvalue weighted by molar-refractivity contribution is 7.92. The number of sulfonamides is 1. The molecule has 106 valence electrons. The van der Waals surface area contributed by atoms with E-state index >= 15 is 0 Å². The zero-order chi connectivity index (χ0) is 14.8. The summed E-state index contributed by atoms with van der Waals surface area (Å²) in [5.74, 6) is 0.324. The number of rotatable bonds is 4. The topological polar surface area (TPSA) is 71.1 Å². The molecule has 5 nitrogen and oxygen atoms in total. The van der Waals surface area contributed by atoms with Crippen molar-refractivity contribution in [3.63, 3.8) is 0 Å². The normalized spacial score (nSPS) is 11.2. The van der Waals surface area contributed by atoms with Gasteiger partial charge in [-0.2, -0.15) is 0 Å². The number of benzene rings is 1. The lowest BCUT2D eigenvalue weighted by Gasteiger charge is -2.13. The van der Waals surface area contributed by atoms with Crippen molar-refractivity contribution in [1.82, 2.24) is 4.98 Å². The van der Waals surface area contributed by atoms with Crippen LogP contribution in [0.2, 0.25) is 0 Å². The van der Waals surface area contributed by atoms with Crippen LogP contribution in [-0.2, 0) is 10.0 Å².